The molecule has 0 fully saturated rings. The summed E-state index contributed by atoms with van der Waals surface area (Å²) in [5.74, 6) is -9.17. The predicted octanol–water partition coefficient (Wildman–Crippen LogP) is 3.56. The van der Waals surface area contributed by atoms with Crippen molar-refractivity contribution in [3.8, 4) is 16.9 Å². The molecular formula is C50H71F4N7O15. The van der Waals surface area contributed by atoms with Crippen molar-refractivity contribution in [2.75, 3.05) is 145 Å². The van der Waals surface area contributed by atoms with E-state index < -0.39 is 41.4 Å². The number of aliphatic hydroxyl groups is 1. The van der Waals surface area contributed by atoms with Crippen LogP contribution in [-0.2, 0) is 68.3 Å². The van der Waals surface area contributed by atoms with Crippen molar-refractivity contribution in [3.05, 3.63) is 71.1 Å². The van der Waals surface area contributed by atoms with E-state index in [0.29, 0.717) is 140 Å². The molecule has 424 valence electrons. The van der Waals surface area contributed by atoms with Crippen molar-refractivity contribution in [1.29, 1.82) is 0 Å². The van der Waals surface area contributed by atoms with Gasteiger partial charge in [0.1, 0.15) is 11.7 Å². The van der Waals surface area contributed by atoms with Gasteiger partial charge in [-0.15, -0.1) is 0 Å². The molecule has 0 aliphatic carbocycles. The number of esters is 1. The lowest BCUT2D eigenvalue weighted by Gasteiger charge is -2.09. The number of aliphatic hydroxyl groups excluding tert-OH is 1. The lowest BCUT2D eigenvalue weighted by molar-refractivity contribution is -0.136. The molecular weight excluding hydrogens is 1010 g/mol. The van der Waals surface area contributed by atoms with Crippen LogP contribution < -0.4 is 21.1 Å². The molecule has 22 nitrogen and oxygen atoms in total. The standard InChI is InChI=1S/C48H65F4N7O14.C2H6O/c1-2-5-54-48(62)34-26-39-40(59-41(53)28-34)27-35(30-55-39)36-31-56-42(57-32-36)33-58-43(60)3-6-63-8-10-65-12-14-67-16-18-69-20-22-71-24-25-72-23-21-70-19-17-68-15-13-66-11-9-64-7-4-44(61)73-47-45(51)37(49)29-38(50)46(47)52;1-2-3/h26-27,29-32H,2-25,28,33H2,1H3,(H2,53,59)(H,54,62)(H,58,60);3H,2H2,1H3. The summed E-state index contributed by atoms with van der Waals surface area (Å²) >= 11 is 0. The maximum absolute atomic E-state index is 13.6. The number of amidine groups is 1. The summed E-state index contributed by atoms with van der Waals surface area (Å²) < 4.78 is 112. The average molecular weight is 1090 g/mol. The Kier molecular flexibility index (Phi) is 34.5. The highest BCUT2D eigenvalue weighted by atomic mass is 19.2. The fraction of sp³-hybridized carbons (Fsp3) is 0.580. The molecule has 1 aliphatic heterocycles. The van der Waals surface area contributed by atoms with Gasteiger partial charge in [0.15, 0.2) is 11.6 Å². The molecule has 0 radical (unpaired) electrons. The third-order valence-electron chi connectivity index (χ3n) is 9.71. The number of halogens is 4. The number of pyridine rings is 1. The Hall–Kier alpha value is -5.65. The van der Waals surface area contributed by atoms with Gasteiger partial charge in [0.2, 0.25) is 29.2 Å². The minimum Gasteiger partial charge on any atom is -0.420 e. The normalized spacial score (nSPS) is 12.0. The number of nitrogens with one attached hydrogen (secondary N) is 2. The van der Waals surface area contributed by atoms with Crippen LogP contribution in [0.4, 0.5) is 23.2 Å². The molecule has 1 aliphatic rings. The molecule has 0 atom stereocenters. The molecule has 2 aromatic heterocycles. The number of hydrogen-bond acceptors (Lipinski definition) is 20. The summed E-state index contributed by atoms with van der Waals surface area (Å²) in [4.78, 5) is 54.2. The number of nitrogens with zero attached hydrogens (tertiary/aromatic N) is 4. The van der Waals surface area contributed by atoms with Crippen LogP contribution in [0.5, 0.6) is 5.75 Å². The molecule has 0 bridgehead atoms. The summed E-state index contributed by atoms with van der Waals surface area (Å²) in [5, 5.41) is 13.2. The first kappa shape index (κ1) is 64.6. The van der Waals surface area contributed by atoms with E-state index in [0.717, 1.165) is 12.0 Å². The molecule has 76 heavy (non-hydrogen) atoms. The molecule has 0 saturated heterocycles. The second-order valence-electron chi connectivity index (χ2n) is 15.7. The Bertz CT molecular complexity index is 2170. The maximum atomic E-state index is 13.6. The SMILES string of the molecule is CCCNC(=O)C1=Cc2ncc(-c3cnc(CNC(=O)CCOCCOCCOCCOCCOCCOCCOCCOCCOCCOCCC(=O)Oc4c(F)c(F)cc(F)c4F)nc3)cc2N=C(N)C1.CCO. The number of aromatic nitrogens is 3. The molecule has 0 spiro atoms. The third-order valence-corrected chi connectivity index (χ3v) is 9.71. The minimum atomic E-state index is -1.80. The zero-order valence-corrected chi connectivity index (χ0v) is 43.1. The van der Waals surface area contributed by atoms with Crippen LogP contribution in [0, 0.1) is 23.3 Å². The number of fused-ring (bicyclic) bond motifs is 1. The van der Waals surface area contributed by atoms with E-state index in [1.54, 1.807) is 31.6 Å². The maximum Gasteiger partial charge on any atom is 0.313 e. The van der Waals surface area contributed by atoms with Crippen LogP contribution in [0.2, 0.25) is 0 Å². The summed E-state index contributed by atoms with van der Waals surface area (Å²) in [6, 6.07) is 1.83. The summed E-state index contributed by atoms with van der Waals surface area (Å²) in [6.07, 6.45) is 7.46. The number of hydrogen-bond donors (Lipinski definition) is 4. The van der Waals surface area contributed by atoms with Gasteiger partial charge in [-0.2, -0.15) is 8.78 Å². The Morgan fingerprint density at radius 3 is 1.46 bits per heavy atom. The topological polar surface area (TPSA) is 274 Å². The number of benzene rings is 1. The minimum absolute atomic E-state index is 0.0134. The predicted molar refractivity (Wildman–Crippen MR) is 266 cm³/mol. The highest BCUT2D eigenvalue weighted by Gasteiger charge is 2.23. The van der Waals surface area contributed by atoms with Crippen LogP contribution in [-0.4, -0.2) is 189 Å². The number of carbonyl (C=O) groups excluding carboxylic acids is 3. The summed E-state index contributed by atoms with van der Waals surface area (Å²) in [5.41, 5.74) is 9.12. The molecule has 2 amide bonds. The quantitative estimate of drug-likeness (QED) is 0.0208. The van der Waals surface area contributed by atoms with Gasteiger partial charge < -0.3 is 73.6 Å². The number of amides is 2. The zero-order valence-electron chi connectivity index (χ0n) is 43.1. The first-order chi connectivity index (χ1) is 37.0. The van der Waals surface area contributed by atoms with Gasteiger partial charge in [0, 0.05) is 67.4 Å². The van der Waals surface area contributed by atoms with Crippen molar-refractivity contribution in [3.63, 3.8) is 0 Å². The van der Waals surface area contributed by atoms with Gasteiger partial charge in [-0.25, -0.2) is 23.7 Å². The molecule has 3 aromatic rings. The Labute approximate surface area is 439 Å². The zero-order chi connectivity index (χ0) is 55.0. The highest BCUT2D eigenvalue weighted by molar-refractivity contribution is 6.05. The van der Waals surface area contributed by atoms with E-state index in [1.807, 2.05) is 13.0 Å². The van der Waals surface area contributed by atoms with E-state index in [4.69, 9.17) is 58.2 Å². The van der Waals surface area contributed by atoms with E-state index in [9.17, 15) is 31.9 Å². The van der Waals surface area contributed by atoms with Gasteiger partial charge >= 0.3 is 5.97 Å². The molecule has 5 N–H and O–H groups in total. The van der Waals surface area contributed by atoms with E-state index in [1.165, 1.54) is 0 Å². The second-order valence-corrected chi connectivity index (χ2v) is 15.7. The van der Waals surface area contributed by atoms with Crippen molar-refractivity contribution >= 4 is 35.4 Å². The number of carbonyl (C=O) groups is 3. The lowest BCUT2D eigenvalue weighted by Crippen LogP contribution is -2.27. The molecule has 26 heteroatoms. The van der Waals surface area contributed by atoms with Crippen molar-refractivity contribution in [2.45, 2.75) is 46.1 Å². The van der Waals surface area contributed by atoms with Gasteiger partial charge in [-0.05, 0) is 25.5 Å². The summed E-state index contributed by atoms with van der Waals surface area (Å²) in [7, 11) is 0. The van der Waals surface area contributed by atoms with Crippen LogP contribution in [0.1, 0.15) is 51.0 Å². The fourth-order valence-corrected chi connectivity index (χ4v) is 5.99. The van der Waals surface area contributed by atoms with Gasteiger partial charge in [0.25, 0.3) is 0 Å². The molecule has 0 saturated carbocycles. The number of ether oxygens (including phenoxy) is 11. The molecule has 4 rings (SSSR count). The van der Waals surface area contributed by atoms with Gasteiger partial charge in [-0.3, -0.25) is 19.4 Å². The summed E-state index contributed by atoms with van der Waals surface area (Å²) in [6.45, 7) is 11.1. The molecule has 0 unspecified atom stereocenters. The van der Waals surface area contributed by atoms with Crippen molar-refractivity contribution in [1.82, 2.24) is 25.6 Å². The van der Waals surface area contributed by atoms with Gasteiger partial charge in [-0.1, -0.05) is 6.92 Å². The monoisotopic (exact) mass is 1090 g/mol. The van der Waals surface area contributed by atoms with Crippen molar-refractivity contribution in [2.24, 2.45) is 10.7 Å². The van der Waals surface area contributed by atoms with Crippen LogP contribution >= 0.6 is 0 Å². The fourth-order valence-electron chi connectivity index (χ4n) is 5.99. The molecule has 1 aromatic carbocycles. The van der Waals surface area contributed by atoms with E-state index >= 15 is 0 Å². The first-order valence-electron chi connectivity index (χ1n) is 24.8. The van der Waals surface area contributed by atoms with Gasteiger partial charge in [0.05, 0.1) is 156 Å². The number of nitrogens with two attached hydrogens (primary N) is 1. The smallest absolute Gasteiger partial charge is 0.313 e. The Morgan fingerprint density at radius 1 is 0.592 bits per heavy atom. The van der Waals surface area contributed by atoms with E-state index in [2.05, 4.69) is 35.3 Å². The largest absolute Gasteiger partial charge is 0.420 e. The highest BCUT2D eigenvalue weighted by Crippen LogP contribution is 2.30. The van der Waals surface area contributed by atoms with E-state index in [-0.39, 0.29) is 76.9 Å². The third kappa shape index (κ3) is 27.9. The average Bonchev–Trinajstić information content (AvgIpc) is 3.59. The van der Waals surface area contributed by atoms with Crippen molar-refractivity contribution < 1.29 is 89.2 Å². The Morgan fingerprint density at radius 2 is 1.01 bits per heavy atom. The number of rotatable bonds is 40. The molecule has 3 heterocycles. The van der Waals surface area contributed by atoms with Crippen LogP contribution in [0.3, 0.4) is 0 Å². The van der Waals surface area contributed by atoms with Crippen LogP contribution in [0.15, 0.2) is 41.3 Å². The second kappa shape index (κ2) is 40.6. The Balaban J connectivity index is 0.00000495. The lowest BCUT2D eigenvalue weighted by atomic mass is 10.1. The van der Waals surface area contributed by atoms with Crippen LogP contribution in [0.25, 0.3) is 17.2 Å². The number of aliphatic imine (C=N–C) groups is 1. The first-order valence-corrected chi connectivity index (χ1v) is 24.8.